The Morgan fingerprint density at radius 1 is 1.40 bits per heavy atom. The number of nitrogens with one attached hydrogen (secondary N) is 1. The molecule has 20 heavy (non-hydrogen) atoms. The summed E-state index contributed by atoms with van der Waals surface area (Å²) in [7, 11) is 0. The van der Waals surface area contributed by atoms with Crippen molar-refractivity contribution < 1.29 is 22.7 Å². The van der Waals surface area contributed by atoms with Crippen LogP contribution in [0, 0.1) is 0 Å². The molecular formula is C13H17F3N2O2. The van der Waals surface area contributed by atoms with E-state index in [4.69, 9.17) is 10.5 Å². The number of benzene rings is 1. The van der Waals surface area contributed by atoms with E-state index < -0.39 is 24.7 Å². The van der Waals surface area contributed by atoms with Crippen molar-refractivity contribution in [2.45, 2.75) is 32.2 Å². The fourth-order valence-corrected chi connectivity index (χ4v) is 1.64. The minimum atomic E-state index is -4.42. The summed E-state index contributed by atoms with van der Waals surface area (Å²) in [5, 5.41) is 2.10. The lowest BCUT2D eigenvalue weighted by molar-refractivity contribution is -0.130. The zero-order valence-electron chi connectivity index (χ0n) is 11.2. The summed E-state index contributed by atoms with van der Waals surface area (Å²) in [5.74, 6) is -0.409. The molecule has 0 aliphatic heterocycles. The molecule has 1 amide bonds. The van der Waals surface area contributed by atoms with E-state index in [0.29, 0.717) is 11.3 Å². The fraction of sp³-hybridized carbons (Fsp3) is 0.462. The smallest absolute Gasteiger partial charge is 0.401 e. The molecule has 0 fully saturated rings. The maximum Gasteiger partial charge on any atom is 0.401 e. The van der Waals surface area contributed by atoms with E-state index >= 15 is 0 Å². The van der Waals surface area contributed by atoms with Crippen LogP contribution in [0.15, 0.2) is 24.3 Å². The average molecular weight is 290 g/mol. The van der Waals surface area contributed by atoms with Crippen molar-refractivity contribution in [1.29, 1.82) is 0 Å². The first kappa shape index (κ1) is 16.3. The molecule has 4 nitrogen and oxygen atoms in total. The molecule has 0 aliphatic rings. The molecule has 1 aromatic rings. The molecule has 0 heterocycles. The summed E-state index contributed by atoms with van der Waals surface area (Å²) in [6, 6.07) is 5.06. The number of amides is 1. The highest BCUT2D eigenvalue weighted by Crippen LogP contribution is 2.22. The van der Waals surface area contributed by atoms with Crippen LogP contribution >= 0.6 is 0 Å². The van der Waals surface area contributed by atoms with Gasteiger partial charge in [0.05, 0.1) is 12.6 Å². The maximum absolute atomic E-state index is 12.2. The highest BCUT2D eigenvalue weighted by atomic mass is 19.4. The topological polar surface area (TPSA) is 64.3 Å². The first-order valence-corrected chi connectivity index (χ1v) is 6.05. The highest BCUT2D eigenvalue weighted by molar-refractivity contribution is 5.81. The Morgan fingerprint density at radius 2 is 2.05 bits per heavy atom. The molecule has 0 aromatic heterocycles. The minimum Gasteiger partial charge on any atom is -0.491 e. The number of halogens is 3. The van der Waals surface area contributed by atoms with Gasteiger partial charge in [0.15, 0.2) is 0 Å². The van der Waals surface area contributed by atoms with E-state index in [1.807, 2.05) is 13.8 Å². The Morgan fingerprint density at radius 3 is 2.55 bits per heavy atom. The van der Waals surface area contributed by atoms with Gasteiger partial charge in [-0.2, -0.15) is 13.2 Å². The zero-order chi connectivity index (χ0) is 15.3. The van der Waals surface area contributed by atoms with E-state index in [1.165, 1.54) is 12.1 Å². The van der Waals surface area contributed by atoms with Crippen LogP contribution in [0.5, 0.6) is 5.75 Å². The van der Waals surface area contributed by atoms with Crippen molar-refractivity contribution in [2.24, 2.45) is 5.73 Å². The van der Waals surface area contributed by atoms with Gasteiger partial charge in [-0.05, 0) is 31.5 Å². The predicted molar refractivity (Wildman–Crippen MR) is 68.2 cm³/mol. The molecule has 1 rings (SSSR count). The van der Waals surface area contributed by atoms with Gasteiger partial charge in [0, 0.05) is 0 Å². The Kier molecular flexibility index (Phi) is 5.38. The molecule has 7 heteroatoms. The largest absolute Gasteiger partial charge is 0.491 e. The number of carbonyl (C=O) groups excluding carboxylic acids is 1. The van der Waals surface area contributed by atoms with Crippen LogP contribution in [0.3, 0.4) is 0 Å². The first-order chi connectivity index (χ1) is 9.19. The van der Waals surface area contributed by atoms with Gasteiger partial charge >= 0.3 is 6.18 Å². The molecule has 0 aliphatic carbocycles. The second-order valence-electron chi connectivity index (χ2n) is 4.57. The third-order valence-electron chi connectivity index (χ3n) is 2.35. The molecule has 112 valence electrons. The lowest BCUT2D eigenvalue weighted by Gasteiger charge is -2.18. The van der Waals surface area contributed by atoms with Crippen LogP contribution in [0.25, 0.3) is 0 Å². The number of hydrogen-bond donors (Lipinski definition) is 2. The molecule has 1 aromatic carbocycles. The van der Waals surface area contributed by atoms with Crippen LogP contribution in [0.2, 0.25) is 0 Å². The Hall–Kier alpha value is -1.76. The molecule has 3 N–H and O–H groups in total. The molecule has 0 saturated heterocycles. The molecule has 0 spiro atoms. The monoisotopic (exact) mass is 290 g/mol. The lowest BCUT2D eigenvalue weighted by atomic mass is 10.1. The van der Waals surface area contributed by atoms with Crippen molar-refractivity contribution in [3.05, 3.63) is 29.8 Å². The van der Waals surface area contributed by atoms with Gasteiger partial charge in [-0.3, -0.25) is 10.1 Å². The second-order valence-corrected chi connectivity index (χ2v) is 4.57. The molecular weight excluding hydrogens is 273 g/mol. The number of primary amides is 1. The Labute approximate surface area is 115 Å². The second kappa shape index (κ2) is 6.60. The molecule has 1 atom stereocenters. The average Bonchev–Trinajstić information content (AvgIpc) is 2.26. The zero-order valence-corrected chi connectivity index (χ0v) is 11.2. The summed E-state index contributed by atoms with van der Waals surface area (Å²) in [5.41, 5.74) is 5.47. The predicted octanol–water partition coefficient (Wildman–Crippen LogP) is 2.15. The lowest BCUT2D eigenvalue weighted by Crippen LogP contribution is -2.39. The summed E-state index contributed by atoms with van der Waals surface area (Å²) in [6.45, 7) is 2.34. The molecule has 0 bridgehead atoms. The van der Waals surface area contributed by atoms with E-state index in [-0.39, 0.29) is 6.10 Å². The van der Waals surface area contributed by atoms with Crippen LogP contribution < -0.4 is 15.8 Å². The minimum absolute atomic E-state index is 0.0830. The number of rotatable bonds is 6. The SMILES string of the molecule is CC(C)Oc1cccc(C(NCC(F)(F)F)C(N)=O)c1. The number of alkyl halides is 3. The molecule has 0 radical (unpaired) electrons. The standard InChI is InChI=1S/C13H17F3N2O2/c1-8(2)20-10-5-3-4-9(6-10)11(12(17)19)18-7-13(14,15)16/h3-6,8,11,18H,7H2,1-2H3,(H2,17,19). The van der Waals surface area contributed by atoms with Gasteiger partial charge in [0.25, 0.3) is 0 Å². The van der Waals surface area contributed by atoms with Crippen LogP contribution in [-0.4, -0.2) is 24.7 Å². The number of ether oxygens (including phenoxy) is 1. The summed E-state index contributed by atoms with van der Waals surface area (Å²) < 4.78 is 42.0. The van der Waals surface area contributed by atoms with Crippen molar-refractivity contribution in [3.8, 4) is 5.75 Å². The van der Waals surface area contributed by atoms with Crippen LogP contribution in [0.1, 0.15) is 25.5 Å². The summed E-state index contributed by atoms with van der Waals surface area (Å²) >= 11 is 0. The summed E-state index contributed by atoms with van der Waals surface area (Å²) in [6.07, 6.45) is -4.50. The number of carbonyl (C=O) groups is 1. The van der Waals surface area contributed by atoms with Crippen molar-refractivity contribution >= 4 is 5.91 Å². The quantitative estimate of drug-likeness (QED) is 0.843. The van der Waals surface area contributed by atoms with Gasteiger partial charge in [-0.25, -0.2) is 0 Å². The highest BCUT2D eigenvalue weighted by Gasteiger charge is 2.30. The Bertz CT molecular complexity index is 461. The van der Waals surface area contributed by atoms with Gasteiger partial charge in [0.2, 0.25) is 5.91 Å². The normalized spacial score (nSPS) is 13.3. The van der Waals surface area contributed by atoms with Crippen molar-refractivity contribution in [1.82, 2.24) is 5.32 Å². The van der Waals surface area contributed by atoms with Gasteiger partial charge in [0.1, 0.15) is 11.8 Å². The fourth-order valence-electron chi connectivity index (χ4n) is 1.64. The Balaban J connectivity index is 2.89. The van der Waals surface area contributed by atoms with Gasteiger partial charge < -0.3 is 10.5 Å². The maximum atomic E-state index is 12.2. The van der Waals surface area contributed by atoms with E-state index in [0.717, 1.165) is 0 Å². The number of hydrogen-bond acceptors (Lipinski definition) is 3. The van der Waals surface area contributed by atoms with Crippen LogP contribution in [0.4, 0.5) is 13.2 Å². The van der Waals surface area contributed by atoms with E-state index in [1.54, 1.807) is 12.1 Å². The number of nitrogens with two attached hydrogens (primary N) is 1. The first-order valence-electron chi connectivity index (χ1n) is 6.05. The van der Waals surface area contributed by atoms with Gasteiger partial charge in [-0.1, -0.05) is 12.1 Å². The third kappa shape index (κ3) is 5.48. The molecule has 1 unspecified atom stereocenters. The van der Waals surface area contributed by atoms with Gasteiger partial charge in [-0.15, -0.1) is 0 Å². The van der Waals surface area contributed by atoms with Crippen molar-refractivity contribution in [3.63, 3.8) is 0 Å². The van der Waals surface area contributed by atoms with E-state index in [2.05, 4.69) is 5.32 Å². The molecule has 0 saturated carbocycles. The van der Waals surface area contributed by atoms with Crippen LogP contribution in [-0.2, 0) is 4.79 Å². The summed E-state index contributed by atoms with van der Waals surface area (Å²) in [4.78, 5) is 11.3. The third-order valence-corrected chi connectivity index (χ3v) is 2.35. The van der Waals surface area contributed by atoms with E-state index in [9.17, 15) is 18.0 Å². The van der Waals surface area contributed by atoms with Crippen molar-refractivity contribution in [2.75, 3.05) is 6.54 Å².